The number of morpholine rings is 1. The first-order valence-corrected chi connectivity index (χ1v) is 11.1. The minimum atomic E-state index is -0.551. The van der Waals surface area contributed by atoms with E-state index in [-0.39, 0.29) is 30.9 Å². The van der Waals surface area contributed by atoms with Crippen molar-refractivity contribution in [1.29, 1.82) is 0 Å². The Bertz CT molecular complexity index is 934. The molecule has 2 N–H and O–H groups in total. The summed E-state index contributed by atoms with van der Waals surface area (Å²) in [4.78, 5) is 41.2. The number of benzene rings is 1. The fraction of sp³-hybridized carbons (Fsp3) is 0.381. The van der Waals surface area contributed by atoms with Crippen molar-refractivity contribution in [3.8, 4) is 0 Å². The lowest BCUT2D eigenvalue weighted by Crippen LogP contribution is -2.49. The third-order valence-corrected chi connectivity index (χ3v) is 6.25. The second kappa shape index (κ2) is 10.7. The number of ether oxygens (including phenoxy) is 1. The summed E-state index contributed by atoms with van der Waals surface area (Å²) in [5, 5.41) is 5.69. The summed E-state index contributed by atoms with van der Waals surface area (Å²) < 4.78 is 5.68. The minimum absolute atomic E-state index is 0.0763. The smallest absolute Gasteiger partial charge is 0.261 e. The Kier molecular flexibility index (Phi) is 8.03. The molecule has 31 heavy (non-hydrogen) atoms. The maximum absolute atomic E-state index is 12.9. The Balaban J connectivity index is 1.62. The van der Waals surface area contributed by atoms with Gasteiger partial charge in [0, 0.05) is 24.5 Å². The van der Waals surface area contributed by atoms with E-state index < -0.39 is 6.04 Å². The summed E-state index contributed by atoms with van der Waals surface area (Å²) >= 11 is 7.08. The zero-order chi connectivity index (χ0) is 22.4. The van der Waals surface area contributed by atoms with Gasteiger partial charge in [-0.3, -0.25) is 19.3 Å². The quantitative estimate of drug-likeness (QED) is 0.626. The Morgan fingerprint density at radius 2 is 2.00 bits per heavy atom. The van der Waals surface area contributed by atoms with E-state index in [0.29, 0.717) is 34.6 Å². The van der Waals surface area contributed by atoms with E-state index >= 15 is 0 Å². The molecule has 1 aromatic carbocycles. The van der Waals surface area contributed by atoms with Gasteiger partial charge in [0.15, 0.2) is 0 Å². The van der Waals surface area contributed by atoms with Crippen LogP contribution in [0.25, 0.3) is 0 Å². The molecule has 0 spiro atoms. The highest BCUT2D eigenvalue weighted by Crippen LogP contribution is 2.22. The van der Waals surface area contributed by atoms with E-state index in [1.165, 1.54) is 11.3 Å². The van der Waals surface area contributed by atoms with Crippen LogP contribution in [0, 0.1) is 0 Å². The molecule has 2 heterocycles. The molecule has 0 radical (unpaired) electrons. The van der Waals surface area contributed by atoms with Crippen LogP contribution in [0.15, 0.2) is 36.4 Å². The number of nitrogens with one attached hydrogen (secondary N) is 2. The van der Waals surface area contributed by atoms with Gasteiger partial charge in [0.2, 0.25) is 5.91 Å². The van der Waals surface area contributed by atoms with Crippen molar-refractivity contribution in [2.45, 2.75) is 13.0 Å². The van der Waals surface area contributed by atoms with E-state index in [1.807, 2.05) is 18.9 Å². The highest BCUT2D eigenvalue weighted by Gasteiger charge is 2.24. The highest BCUT2D eigenvalue weighted by atomic mass is 35.5. The number of amides is 3. The molecule has 1 atom stereocenters. The van der Waals surface area contributed by atoms with Gasteiger partial charge in [-0.05, 0) is 50.0 Å². The number of hydrogen-bond acceptors (Lipinski definition) is 6. The van der Waals surface area contributed by atoms with Crippen LogP contribution >= 0.6 is 22.9 Å². The summed E-state index contributed by atoms with van der Waals surface area (Å²) in [7, 11) is 1.82. The second-order valence-electron chi connectivity index (χ2n) is 7.04. The van der Waals surface area contributed by atoms with Crippen molar-refractivity contribution >= 4 is 52.0 Å². The van der Waals surface area contributed by atoms with Gasteiger partial charge < -0.3 is 20.3 Å². The zero-order valence-electron chi connectivity index (χ0n) is 17.4. The molecule has 2 aromatic rings. The molecule has 1 aliphatic heterocycles. The van der Waals surface area contributed by atoms with E-state index in [4.69, 9.17) is 16.3 Å². The molecule has 8 nitrogen and oxygen atoms in total. The summed E-state index contributed by atoms with van der Waals surface area (Å²) in [6.07, 6.45) is 0. The number of anilines is 2. The second-order valence-corrected chi connectivity index (χ2v) is 8.75. The molecule has 1 saturated heterocycles. The first-order valence-electron chi connectivity index (χ1n) is 9.92. The Morgan fingerprint density at radius 3 is 2.61 bits per heavy atom. The maximum atomic E-state index is 12.9. The fourth-order valence-corrected chi connectivity index (χ4v) is 4.08. The number of carbonyl (C=O) groups excluding carboxylic acids is 3. The molecule has 0 aliphatic carbocycles. The first-order chi connectivity index (χ1) is 14.9. The summed E-state index contributed by atoms with van der Waals surface area (Å²) in [6.45, 7) is 3.81. The SMILES string of the molecule is CCN(C)[C@H](CNC(=O)c1ccc(Cl)s1)C(=O)Nc1ccc(N2CCOCC2=O)cc1. The Labute approximate surface area is 190 Å². The normalized spacial score (nSPS) is 15.1. The molecular weight excluding hydrogens is 440 g/mol. The van der Waals surface area contributed by atoms with Crippen molar-refractivity contribution in [2.24, 2.45) is 0 Å². The highest BCUT2D eigenvalue weighted by molar-refractivity contribution is 7.18. The topological polar surface area (TPSA) is 91.0 Å². The van der Waals surface area contributed by atoms with Gasteiger partial charge in [0.25, 0.3) is 11.8 Å². The van der Waals surface area contributed by atoms with Gasteiger partial charge >= 0.3 is 0 Å². The molecule has 10 heteroatoms. The van der Waals surface area contributed by atoms with Crippen molar-refractivity contribution in [1.82, 2.24) is 10.2 Å². The third kappa shape index (κ3) is 6.04. The van der Waals surface area contributed by atoms with Crippen LogP contribution in [0.3, 0.4) is 0 Å². The average molecular weight is 465 g/mol. The molecule has 166 valence electrons. The van der Waals surface area contributed by atoms with Crippen LogP contribution in [0.5, 0.6) is 0 Å². The fourth-order valence-electron chi connectivity index (χ4n) is 3.12. The van der Waals surface area contributed by atoms with E-state index in [2.05, 4.69) is 10.6 Å². The van der Waals surface area contributed by atoms with Crippen LogP contribution in [0.1, 0.15) is 16.6 Å². The predicted octanol–water partition coefficient (Wildman–Crippen LogP) is 2.45. The molecule has 1 aromatic heterocycles. The standard InChI is InChI=1S/C21H25ClN4O4S/c1-3-25(2)16(12-23-21(29)17-8-9-18(22)31-17)20(28)24-14-4-6-15(7-5-14)26-10-11-30-13-19(26)27/h4-9,16H,3,10-13H2,1-2H3,(H,23,29)(H,24,28)/t16-/m1/s1. The molecular formula is C21H25ClN4O4S. The number of carbonyl (C=O) groups is 3. The summed E-state index contributed by atoms with van der Waals surface area (Å²) in [5.74, 6) is -0.585. The molecule has 0 unspecified atom stereocenters. The van der Waals surface area contributed by atoms with E-state index in [1.54, 1.807) is 41.3 Å². The lowest BCUT2D eigenvalue weighted by molar-refractivity contribution is -0.125. The van der Waals surface area contributed by atoms with Gasteiger partial charge in [-0.25, -0.2) is 0 Å². The number of hydrogen-bond donors (Lipinski definition) is 2. The van der Waals surface area contributed by atoms with Crippen LogP contribution in [-0.4, -0.2) is 68.6 Å². The summed E-state index contributed by atoms with van der Waals surface area (Å²) in [6, 6.07) is 9.86. The lowest BCUT2D eigenvalue weighted by atomic mass is 10.2. The third-order valence-electron chi connectivity index (χ3n) is 5.02. The van der Waals surface area contributed by atoms with Crippen molar-refractivity contribution in [3.63, 3.8) is 0 Å². The molecule has 0 saturated carbocycles. The van der Waals surface area contributed by atoms with Crippen molar-refractivity contribution < 1.29 is 19.1 Å². The number of thiophene rings is 1. The molecule has 0 bridgehead atoms. The number of nitrogens with zero attached hydrogens (tertiary/aromatic N) is 2. The zero-order valence-corrected chi connectivity index (χ0v) is 19.0. The monoisotopic (exact) mass is 464 g/mol. The van der Waals surface area contributed by atoms with Crippen LogP contribution in [-0.2, 0) is 14.3 Å². The number of halogens is 1. The van der Waals surface area contributed by atoms with Gasteiger partial charge in [0.1, 0.15) is 12.6 Å². The average Bonchev–Trinajstić information content (AvgIpc) is 3.21. The molecule has 1 fully saturated rings. The number of rotatable bonds is 8. The van der Waals surface area contributed by atoms with Crippen LogP contribution in [0.4, 0.5) is 11.4 Å². The van der Waals surface area contributed by atoms with Gasteiger partial charge in [-0.2, -0.15) is 0 Å². The molecule has 3 rings (SSSR count). The maximum Gasteiger partial charge on any atom is 0.261 e. The first kappa shape index (κ1) is 23.2. The molecule has 1 aliphatic rings. The molecule has 3 amide bonds. The Hall–Kier alpha value is -2.46. The largest absolute Gasteiger partial charge is 0.370 e. The van der Waals surface area contributed by atoms with E-state index in [9.17, 15) is 14.4 Å². The van der Waals surface area contributed by atoms with Crippen LogP contribution in [0.2, 0.25) is 4.34 Å². The van der Waals surface area contributed by atoms with Gasteiger partial charge in [0.05, 0.1) is 15.8 Å². The lowest BCUT2D eigenvalue weighted by Gasteiger charge is -2.27. The Morgan fingerprint density at radius 1 is 1.26 bits per heavy atom. The van der Waals surface area contributed by atoms with Crippen LogP contribution < -0.4 is 15.5 Å². The van der Waals surface area contributed by atoms with Gasteiger partial charge in [-0.15, -0.1) is 11.3 Å². The van der Waals surface area contributed by atoms with E-state index in [0.717, 1.165) is 5.69 Å². The predicted molar refractivity (Wildman–Crippen MR) is 122 cm³/mol. The van der Waals surface area contributed by atoms with Crippen molar-refractivity contribution in [3.05, 3.63) is 45.6 Å². The number of likely N-dealkylation sites (N-methyl/N-ethyl adjacent to an activating group) is 1. The van der Waals surface area contributed by atoms with Crippen molar-refractivity contribution in [2.75, 3.05) is 50.1 Å². The summed E-state index contributed by atoms with van der Waals surface area (Å²) in [5.41, 5.74) is 1.37. The van der Waals surface area contributed by atoms with Gasteiger partial charge in [-0.1, -0.05) is 18.5 Å². The minimum Gasteiger partial charge on any atom is -0.370 e.